The van der Waals surface area contributed by atoms with Crippen molar-refractivity contribution >= 4 is 67.2 Å². The number of furan rings is 2. The number of hydrogen-bond donors (Lipinski definition) is 2. The molecule has 6 nitrogen and oxygen atoms in total. The number of hydrogen-bond acceptors (Lipinski definition) is 6. The lowest BCUT2D eigenvalue weighted by Gasteiger charge is -2.34. The molecule has 9 aromatic rings. The van der Waals surface area contributed by atoms with E-state index < -0.39 is 0 Å². The molecule has 1 fully saturated rings. The molecule has 2 aromatic heterocycles. The molecule has 0 saturated heterocycles. The Morgan fingerprint density at radius 3 is 2.08 bits per heavy atom. The van der Waals surface area contributed by atoms with Crippen LogP contribution in [0.5, 0.6) is 0 Å². The Bertz CT molecular complexity index is 3260. The fourth-order valence-electron chi connectivity index (χ4n) is 10.6. The van der Waals surface area contributed by atoms with E-state index in [-0.39, 0.29) is 29.7 Å². The minimum absolute atomic E-state index is 0.0700. The molecule has 1 spiro atoms. The van der Waals surface area contributed by atoms with Crippen molar-refractivity contribution in [3.8, 4) is 0 Å². The van der Waals surface area contributed by atoms with E-state index in [0.29, 0.717) is 0 Å². The first kappa shape index (κ1) is 33.8. The van der Waals surface area contributed by atoms with Gasteiger partial charge in [0.2, 0.25) is 0 Å². The molecule has 60 heavy (non-hydrogen) atoms. The van der Waals surface area contributed by atoms with E-state index in [2.05, 4.69) is 191 Å². The summed E-state index contributed by atoms with van der Waals surface area (Å²) in [6, 6.07) is 56.4. The molecule has 6 heteroatoms. The second kappa shape index (κ2) is 12.9. The summed E-state index contributed by atoms with van der Waals surface area (Å²) in [5.74, 6) is 1.21. The highest BCUT2D eigenvalue weighted by Crippen LogP contribution is 2.67. The van der Waals surface area contributed by atoms with Gasteiger partial charge < -0.3 is 19.1 Å². The van der Waals surface area contributed by atoms with Crippen LogP contribution in [0.3, 0.4) is 0 Å². The molecular weight excluding hydrogens is 737 g/mol. The van der Waals surface area contributed by atoms with Crippen LogP contribution < -0.4 is 15.5 Å². The van der Waals surface area contributed by atoms with Gasteiger partial charge >= 0.3 is 0 Å². The lowest BCUT2D eigenvalue weighted by molar-refractivity contribution is 0.409. The molecule has 1 aliphatic carbocycles. The summed E-state index contributed by atoms with van der Waals surface area (Å²) >= 11 is 0. The Morgan fingerprint density at radius 2 is 1.27 bits per heavy atom. The van der Waals surface area contributed by atoms with Gasteiger partial charge in [-0.25, -0.2) is 4.99 Å². The van der Waals surface area contributed by atoms with Gasteiger partial charge in [-0.15, -0.1) is 0 Å². The molecule has 2 bridgehead atoms. The van der Waals surface area contributed by atoms with Gasteiger partial charge in [0.05, 0.1) is 16.6 Å². The summed E-state index contributed by atoms with van der Waals surface area (Å²) in [6.45, 7) is 0. The molecule has 4 aliphatic rings. The van der Waals surface area contributed by atoms with Crippen molar-refractivity contribution < 1.29 is 8.83 Å². The van der Waals surface area contributed by atoms with Crippen LogP contribution in [0.2, 0.25) is 0 Å². The maximum absolute atomic E-state index is 6.57. The molecule has 7 aromatic carbocycles. The molecule has 5 heterocycles. The molecule has 288 valence electrons. The zero-order chi connectivity index (χ0) is 39.4. The summed E-state index contributed by atoms with van der Waals surface area (Å²) in [4.78, 5) is 7.94. The third kappa shape index (κ3) is 5.07. The van der Waals surface area contributed by atoms with Crippen molar-refractivity contribution in [2.24, 2.45) is 4.99 Å². The number of nitrogens with one attached hydrogen (secondary N) is 2. The smallest absolute Gasteiger partial charge is 0.137 e. The largest absolute Gasteiger partial charge is 0.456 e. The van der Waals surface area contributed by atoms with E-state index in [1.165, 1.54) is 33.3 Å². The first-order chi connectivity index (χ1) is 29.7. The minimum Gasteiger partial charge on any atom is -0.456 e. The number of anilines is 2. The summed E-state index contributed by atoms with van der Waals surface area (Å²) < 4.78 is 13.1. The number of benzene rings is 7. The predicted octanol–water partition coefficient (Wildman–Crippen LogP) is 13.0. The van der Waals surface area contributed by atoms with Crippen LogP contribution in [0.25, 0.3) is 50.0 Å². The van der Waals surface area contributed by atoms with Gasteiger partial charge in [0.25, 0.3) is 0 Å². The Morgan fingerprint density at radius 1 is 0.583 bits per heavy atom. The van der Waals surface area contributed by atoms with Crippen molar-refractivity contribution in [1.82, 2.24) is 10.6 Å². The molecule has 0 amide bonds. The first-order valence-corrected chi connectivity index (χ1v) is 21.1. The van der Waals surface area contributed by atoms with E-state index in [1.54, 1.807) is 0 Å². The molecule has 4 atom stereocenters. The van der Waals surface area contributed by atoms with E-state index in [4.69, 9.17) is 13.8 Å². The van der Waals surface area contributed by atoms with Crippen LogP contribution in [0, 0.1) is 0 Å². The van der Waals surface area contributed by atoms with Crippen molar-refractivity contribution in [2.75, 3.05) is 4.90 Å². The number of rotatable bonds is 4. The molecule has 3 aliphatic heterocycles. The average Bonchev–Trinajstić information content (AvgIpc) is 3.72. The Labute approximate surface area is 347 Å². The number of para-hydroxylation sites is 1. The van der Waals surface area contributed by atoms with E-state index in [9.17, 15) is 0 Å². The van der Waals surface area contributed by atoms with E-state index >= 15 is 0 Å². The molecule has 13 rings (SSSR count). The molecule has 1 saturated carbocycles. The quantitative estimate of drug-likeness (QED) is 0.186. The number of nitrogens with zero attached hydrogens (tertiary/aromatic N) is 2. The van der Waals surface area contributed by atoms with Gasteiger partial charge in [0.1, 0.15) is 40.5 Å². The number of allylic oxidation sites excluding steroid dienone is 3. The Hall–Kier alpha value is -7.15. The van der Waals surface area contributed by atoms with E-state index in [0.717, 1.165) is 74.0 Å². The highest BCUT2D eigenvalue weighted by atomic mass is 16.3. The second-order valence-electron chi connectivity index (χ2n) is 16.7. The highest BCUT2D eigenvalue weighted by Gasteiger charge is 2.62. The van der Waals surface area contributed by atoms with E-state index in [1.807, 2.05) is 6.07 Å². The highest BCUT2D eigenvalue weighted by molar-refractivity contribution is 6.16. The summed E-state index contributed by atoms with van der Waals surface area (Å²) in [5.41, 5.74) is 13.2. The molecule has 0 radical (unpaired) electrons. The van der Waals surface area contributed by atoms with Crippen molar-refractivity contribution in [3.05, 3.63) is 209 Å². The van der Waals surface area contributed by atoms with Crippen LogP contribution in [-0.4, -0.2) is 11.4 Å². The Kier molecular flexibility index (Phi) is 7.28. The lowest BCUT2D eigenvalue weighted by atomic mass is 9.76. The molecule has 4 unspecified atom stereocenters. The fourth-order valence-corrected chi connectivity index (χ4v) is 10.6. The van der Waals surface area contributed by atoms with Crippen LogP contribution >= 0.6 is 0 Å². The monoisotopic (exact) mass is 776 g/mol. The van der Waals surface area contributed by atoms with Crippen molar-refractivity contribution in [3.63, 3.8) is 0 Å². The van der Waals surface area contributed by atoms with Gasteiger partial charge in [0.15, 0.2) is 0 Å². The fraction of sp³-hybridized carbons (Fsp3) is 0.130. The van der Waals surface area contributed by atoms with Gasteiger partial charge in [-0.3, -0.25) is 5.32 Å². The Balaban J connectivity index is 0.958. The van der Waals surface area contributed by atoms with Crippen LogP contribution in [0.1, 0.15) is 70.4 Å². The third-order valence-corrected chi connectivity index (χ3v) is 13.4. The van der Waals surface area contributed by atoms with Gasteiger partial charge in [0, 0.05) is 39.2 Å². The van der Waals surface area contributed by atoms with Gasteiger partial charge in [-0.05, 0) is 89.2 Å². The second-order valence-corrected chi connectivity index (χ2v) is 16.7. The van der Waals surface area contributed by atoms with Crippen molar-refractivity contribution in [2.45, 2.75) is 42.5 Å². The average molecular weight is 777 g/mol. The normalized spacial score (nSPS) is 21.3. The van der Waals surface area contributed by atoms with Crippen LogP contribution in [0.15, 0.2) is 190 Å². The summed E-state index contributed by atoms with van der Waals surface area (Å²) in [7, 11) is 0. The van der Waals surface area contributed by atoms with Crippen LogP contribution in [0.4, 0.5) is 11.4 Å². The maximum atomic E-state index is 6.57. The zero-order valence-electron chi connectivity index (χ0n) is 32.8. The van der Waals surface area contributed by atoms with Crippen LogP contribution in [-0.2, 0) is 0 Å². The van der Waals surface area contributed by atoms with Gasteiger partial charge in [-0.2, -0.15) is 0 Å². The number of fused-ring (bicyclic) bond motifs is 7. The molecule has 2 N–H and O–H groups in total. The SMILES string of the molecule is C1=Cc2cccc3oc4cccc(c4c23)N2c3ccccc3C(C(c3ccc4oc5ccc(C6N=C(c7ccccc7)NC(c7ccccc7)N6)cc5c4c3)C=C1)C21CC1. The standard InChI is InChI=1S/C54H40N4O2/c1-3-14-34(15-4-1)51-55-52(35-16-5-2-6-17-35)57-53(56-51)37-26-28-45-41(32-37)40-31-36(25-27-44(40)59-45)38-19-8-7-13-33-18-11-23-46-48(33)49-43(22-12-24-47(49)60-46)58-42-21-10-9-20-39(42)50(38)54(58)29-30-54/h1-28,31-32,38,50-51,53,56H,29-30H2,(H,55,57). The predicted molar refractivity (Wildman–Crippen MR) is 243 cm³/mol. The summed E-state index contributed by atoms with van der Waals surface area (Å²) in [6.07, 6.45) is 11.0. The number of aliphatic imine (C=N–C) groups is 1. The third-order valence-electron chi connectivity index (χ3n) is 13.4. The summed E-state index contributed by atoms with van der Waals surface area (Å²) in [5, 5.41) is 12.0. The first-order valence-electron chi connectivity index (χ1n) is 21.1. The van der Waals surface area contributed by atoms with Gasteiger partial charge in [-0.1, -0.05) is 133 Å². The minimum atomic E-state index is -0.271. The maximum Gasteiger partial charge on any atom is 0.137 e. The lowest BCUT2D eigenvalue weighted by Crippen LogP contribution is -2.44. The molecular formula is C54H40N4O2. The topological polar surface area (TPSA) is 65.9 Å². The number of amidine groups is 1. The zero-order valence-corrected chi connectivity index (χ0v) is 32.8. The van der Waals surface area contributed by atoms with Crippen molar-refractivity contribution in [1.29, 1.82) is 0 Å².